The highest BCUT2D eigenvalue weighted by Gasteiger charge is 2.34. The van der Waals surface area contributed by atoms with Crippen LogP contribution >= 0.6 is 0 Å². The number of hydrogen-bond donors (Lipinski definition) is 6. The van der Waals surface area contributed by atoms with Crippen LogP contribution in [-0.4, -0.2) is 42.8 Å². The summed E-state index contributed by atoms with van der Waals surface area (Å²) in [6.07, 6.45) is -2.70. The van der Waals surface area contributed by atoms with E-state index in [9.17, 15) is 30.6 Å². The van der Waals surface area contributed by atoms with Crippen LogP contribution in [0.2, 0.25) is 0 Å². The van der Waals surface area contributed by atoms with Crippen LogP contribution in [0.4, 0.5) is 0 Å². The summed E-state index contributed by atoms with van der Waals surface area (Å²) >= 11 is 0. The Morgan fingerprint density at radius 1 is 0.386 bits per heavy atom. The van der Waals surface area contributed by atoms with E-state index in [1.807, 2.05) is 152 Å². The molecule has 12 heteroatoms. The number of benzene rings is 8. The fourth-order valence-corrected chi connectivity index (χ4v) is 8.28. The first-order valence-corrected chi connectivity index (χ1v) is 22.9. The summed E-state index contributed by atoms with van der Waals surface area (Å²) in [4.78, 5) is 0. The van der Waals surface area contributed by atoms with E-state index in [4.69, 9.17) is 28.4 Å². The molecular weight excluding hydrogens is 889 g/mol. The van der Waals surface area contributed by atoms with Crippen molar-refractivity contribution in [1.29, 1.82) is 0 Å². The third-order valence-corrected chi connectivity index (χ3v) is 11.9. The van der Waals surface area contributed by atoms with Gasteiger partial charge in [-0.25, -0.2) is 0 Å². The number of aromatic hydroxyl groups is 4. The molecule has 0 amide bonds. The third kappa shape index (κ3) is 11.5. The van der Waals surface area contributed by atoms with Crippen LogP contribution in [0.3, 0.4) is 0 Å². The van der Waals surface area contributed by atoms with E-state index in [1.54, 1.807) is 0 Å². The molecule has 0 fully saturated rings. The Hall–Kier alpha value is -8.32. The lowest BCUT2D eigenvalue weighted by molar-refractivity contribution is 0.0192. The Kier molecular flexibility index (Phi) is 14.5. The van der Waals surface area contributed by atoms with Crippen LogP contribution in [0.1, 0.15) is 56.7 Å². The van der Waals surface area contributed by atoms with Gasteiger partial charge in [0.1, 0.15) is 73.1 Å². The normalized spacial score (nSPS) is 16.7. The van der Waals surface area contributed by atoms with Gasteiger partial charge in [-0.05, 0) is 57.6 Å². The number of rotatable bonds is 14. The van der Waals surface area contributed by atoms with Gasteiger partial charge in [0.25, 0.3) is 0 Å². The molecule has 4 atom stereocenters. The van der Waals surface area contributed by atoms with E-state index >= 15 is 0 Å². The van der Waals surface area contributed by atoms with Gasteiger partial charge in [-0.15, -0.1) is 0 Å². The molecule has 8 aromatic rings. The zero-order valence-electron chi connectivity index (χ0n) is 38.0. The van der Waals surface area contributed by atoms with Crippen LogP contribution in [0, 0.1) is 0 Å². The fraction of sp³-hybridized carbons (Fsp3) is 0.172. The second-order valence-corrected chi connectivity index (χ2v) is 17.0. The highest BCUT2D eigenvalue weighted by molar-refractivity contribution is 5.54. The third-order valence-electron chi connectivity index (χ3n) is 11.9. The standard InChI is InChI=1S/C43H38O6.C15H14O6/c44-38-26-37-40(47-29-33-17-9-3-10-18-33)24-36(45-27-31-13-5-1-6-14-31)25-41(37)49-43(38)35-21-22-39(46-28-32-15-7-2-8-16-32)42(23-35)48-30-34-19-11-4-12-20-34;16-8-4-11(18)9-6-13(20)15(21-14(9)5-8)7-1-2-10(17)12(19)3-7/h1-25,38,43-44H,26-30H2;1-5,13,15-20H,6H2/t38-,43+;13-,15+/m11/s1. The molecule has 0 unspecified atom stereocenters. The predicted octanol–water partition coefficient (Wildman–Crippen LogP) is 10.6. The van der Waals surface area contributed by atoms with Crippen molar-refractivity contribution in [2.45, 2.75) is 63.7 Å². The molecule has 0 aliphatic carbocycles. The van der Waals surface area contributed by atoms with Gasteiger partial charge in [0.05, 0.1) is 12.2 Å². The van der Waals surface area contributed by atoms with Crippen LogP contribution < -0.4 is 28.4 Å². The number of aliphatic hydroxyl groups is 2. The maximum absolute atomic E-state index is 11.5. The fourth-order valence-electron chi connectivity index (χ4n) is 8.28. The van der Waals surface area contributed by atoms with E-state index in [0.717, 1.165) is 33.4 Å². The lowest BCUT2D eigenvalue weighted by Crippen LogP contribution is -2.30. The van der Waals surface area contributed by atoms with Gasteiger partial charge in [0.2, 0.25) is 0 Å². The minimum atomic E-state index is -0.933. The number of phenolic OH excluding ortho intramolecular Hbond substituents is 4. The molecule has 356 valence electrons. The maximum atomic E-state index is 11.5. The van der Waals surface area contributed by atoms with Gasteiger partial charge in [-0.2, -0.15) is 0 Å². The lowest BCUT2D eigenvalue weighted by Gasteiger charge is -2.32. The first-order chi connectivity index (χ1) is 34.1. The second kappa shape index (κ2) is 21.8. The summed E-state index contributed by atoms with van der Waals surface area (Å²) in [6, 6.07) is 56.2. The van der Waals surface area contributed by atoms with Gasteiger partial charge < -0.3 is 59.1 Å². The number of hydrogen-bond acceptors (Lipinski definition) is 12. The van der Waals surface area contributed by atoms with Crippen LogP contribution in [0.15, 0.2) is 182 Å². The molecule has 8 aromatic carbocycles. The van der Waals surface area contributed by atoms with Crippen molar-refractivity contribution < 1.29 is 59.1 Å². The number of aliphatic hydroxyl groups excluding tert-OH is 2. The minimum absolute atomic E-state index is 0.143. The van der Waals surface area contributed by atoms with E-state index in [2.05, 4.69) is 0 Å². The first kappa shape index (κ1) is 46.8. The average Bonchev–Trinajstić information content (AvgIpc) is 3.38. The van der Waals surface area contributed by atoms with Gasteiger partial charge in [0, 0.05) is 48.2 Å². The Morgan fingerprint density at radius 2 is 0.843 bits per heavy atom. The van der Waals surface area contributed by atoms with Crippen LogP contribution in [0.25, 0.3) is 0 Å². The summed E-state index contributed by atoms with van der Waals surface area (Å²) in [5.41, 5.74) is 6.66. The molecule has 70 heavy (non-hydrogen) atoms. The first-order valence-electron chi connectivity index (χ1n) is 22.9. The summed E-state index contributed by atoms with van der Waals surface area (Å²) in [6.45, 7) is 1.54. The molecular formula is C58H52O12. The Labute approximate surface area is 405 Å². The van der Waals surface area contributed by atoms with Crippen molar-refractivity contribution in [3.05, 3.63) is 226 Å². The Bertz CT molecular complexity index is 2990. The molecule has 2 aliphatic rings. The molecule has 0 saturated carbocycles. The number of fused-ring (bicyclic) bond motifs is 2. The molecule has 0 aromatic heterocycles. The molecule has 0 radical (unpaired) electrons. The molecule has 6 N–H and O–H groups in total. The van der Waals surface area contributed by atoms with E-state index in [-0.39, 0.29) is 35.2 Å². The van der Waals surface area contributed by atoms with Crippen molar-refractivity contribution in [2.24, 2.45) is 0 Å². The minimum Gasteiger partial charge on any atom is -0.508 e. The Balaban J connectivity index is 0.000000241. The monoisotopic (exact) mass is 940 g/mol. The lowest BCUT2D eigenvalue weighted by atomic mass is 9.93. The van der Waals surface area contributed by atoms with E-state index in [1.165, 1.54) is 30.3 Å². The molecule has 2 aliphatic heterocycles. The van der Waals surface area contributed by atoms with Crippen molar-refractivity contribution in [3.63, 3.8) is 0 Å². The van der Waals surface area contributed by atoms with E-state index < -0.39 is 24.4 Å². The molecule has 0 saturated heterocycles. The predicted molar refractivity (Wildman–Crippen MR) is 262 cm³/mol. The quantitative estimate of drug-likeness (QED) is 0.0570. The van der Waals surface area contributed by atoms with Crippen molar-refractivity contribution in [2.75, 3.05) is 0 Å². The summed E-state index contributed by atoms with van der Waals surface area (Å²) < 4.78 is 37.4. The van der Waals surface area contributed by atoms with Crippen LogP contribution in [-0.2, 0) is 39.3 Å². The van der Waals surface area contributed by atoms with Gasteiger partial charge >= 0.3 is 0 Å². The Morgan fingerprint density at radius 3 is 1.39 bits per heavy atom. The van der Waals surface area contributed by atoms with E-state index in [0.29, 0.717) is 72.7 Å². The van der Waals surface area contributed by atoms with Crippen LogP contribution in [0.5, 0.6) is 57.5 Å². The summed E-state index contributed by atoms with van der Waals surface area (Å²) in [5.74, 6) is 2.46. The number of ether oxygens (including phenoxy) is 6. The largest absolute Gasteiger partial charge is 0.508 e. The van der Waals surface area contributed by atoms with Crippen molar-refractivity contribution in [1.82, 2.24) is 0 Å². The zero-order chi connectivity index (χ0) is 48.4. The highest BCUT2D eigenvalue weighted by Crippen LogP contribution is 2.45. The van der Waals surface area contributed by atoms with Crippen molar-refractivity contribution >= 4 is 0 Å². The molecule has 10 rings (SSSR count). The molecule has 12 nitrogen and oxygen atoms in total. The molecule has 0 bridgehead atoms. The smallest absolute Gasteiger partial charge is 0.162 e. The SMILES string of the molecule is O[C@@H]1Cc2c(OCc3ccccc3)cc(OCc3ccccc3)cc2O[C@H]1c1ccc(OCc2ccccc2)c(OCc2ccccc2)c1.Oc1cc(O)c2c(c1)O[C@@H](c1ccc(O)c(O)c1)[C@H](O)C2. The maximum Gasteiger partial charge on any atom is 0.162 e. The summed E-state index contributed by atoms with van der Waals surface area (Å²) in [7, 11) is 0. The molecule has 2 heterocycles. The zero-order valence-corrected chi connectivity index (χ0v) is 38.0. The molecule has 0 spiro atoms. The van der Waals surface area contributed by atoms with Gasteiger partial charge in [-0.3, -0.25) is 0 Å². The second-order valence-electron chi connectivity index (χ2n) is 17.0. The topological polar surface area (TPSA) is 177 Å². The van der Waals surface area contributed by atoms with Crippen molar-refractivity contribution in [3.8, 4) is 57.5 Å². The van der Waals surface area contributed by atoms with Gasteiger partial charge in [-0.1, -0.05) is 133 Å². The number of phenols is 4. The highest BCUT2D eigenvalue weighted by atomic mass is 16.5. The average molecular weight is 941 g/mol. The van der Waals surface area contributed by atoms with Gasteiger partial charge in [0.15, 0.2) is 23.0 Å². The summed E-state index contributed by atoms with van der Waals surface area (Å²) in [5, 5.41) is 59.8.